The summed E-state index contributed by atoms with van der Waals surface area (Å²) in [5.74, 6) is -0.0580. The minimum atomic E-state index is -0.358. The van der Waals surface area contributed by atoms with Gasteiger partial charge in [0.2, 0.25) is 0 Å². The molecule has 0 atom stereocenters. The van der Waals surface area contributed by atoms with E-state index in [1.54, 1.807) is 31.4 Å². The number of hydrogen-bond acceptors (Lipinski definition) is 4. The van der Waals surface area contributed by atoms with Gasteiger partial charge in [0.1, 0.15) is 16.8 Å². The minimum Gasteiger partial charge on any atom is -0.352 e. The summed E-state index contributed by atoms with van der Waals surface area (Å²) < 4.78 is 2.90. The highest BCUT2D eigenvalue weighted by molar-refractivity contribution is 5.96. The van der Waals surface area contributed by atoms with E-state index in [9.17, 15) is 9.59 Å². The van der Waals surface area contributed by atoms with Crippen LogP contribution in [0, 0.1) is 11.3 Å². The molecule has 0 aromatic carbocycles. The molecule has 0 bridgehead atoms. The molecule has 3 aromatic heterocycles. The van der Waals surface area contributed by atoms with Gasteiger partial charge < -0.3 is 9.88 Å². The maximum absolute atomic E-state index is 12.7. The van der Waals surface area contributed by atoms with Crippen molar-refractivity contribution in [2.45, 2.75) is 13.8 Å². The summed E-state index contributed by atoms with van der Waals surface area (Å²) in [5, 5.41) is 11.3. The van der Waals surface area contributed by atoms with Crippen molar-refractivity contribution < 1.29 is 4.79 Å². The summed E-state index contributed by atoms with van der Waals surface area (Å²) in [6, 6.07) is 6.73. The zero-order valence-corrected chi connectivity index (χ0v) is 13.8. The fourth-order valence-electron chi connectivity index (χ4n) is 2.54. The lowest BCUT2D eigenvalue weighted by Crippen LogP contribution is -2.35. The number of hydrogen-bond donors (Lipinski definition) is 2. The zero-order chi connectivity index (χ0) is 17.4. The summed E-state index contributed by atoms with van der Waals surface area (Å²) in [7, 11) is 1.63. The van der Waals surface area contributed by atoms with Gasteiger partial charge in [0.25, 0.3) is 11.5 Å². The summed E-state index contributed by atoms with van der Waals surface area (Å²) in [6.45, 7) is 4.49. The second-order valence-electron chi connectivity index (χ2n) is 6.15. The number of carbonyl (C=O) groups is 1. The first-order valence-corrected chi connectivity index (χ1v) is 7.74. The van der Waals surface area contributed by atoms with Gasteiger partial charge in [0.05, 0.1) is 10.9 Å². The van der Waals surface area contributed by atoms with E-state index in [-0.39, 0.29) is 22.5 Å². The van der Waals surface area contributed by atoms with Crippen LogP contribution in [0.1, 0.15) is 24.2 Å². The average molecular weight is 325 g/mol. The Morgan fingerprint density at radius 2 is 2.12 bits per heavy atom. The van der Waals surface area contributed by atoms with Crippen molar-refractivity contribution in [3.05, 3.63) is 51.9 Å². The van der Waals surface area contributed by atoms with Crippen molar-refractivity contribution in [1.29, 1.82) is 5.41 Å². The molecule has 0 saturated carbocycles. The van der Waals surface area contributed by atoms with Crippen molar-refractivity contribution >= 4 is 22.6 Å². The zero-order valence-electron chi connectivity index (χ0n) is 13.8. The number of nitrogens with zero attached hydrogens (tertiary/aromatic N) is 3. The number of rotatable bonds is 3. The van der Waals surface area contributed by atoms with E-state index in [1.807, 2.05) is 13.8 Å². The Hall–Kier alpha value is -2.96. The van der Waals surface area contributed by atoms with Gasteiger partial charge in [-0.3, -0.25) is 19.4 Å². The number of aromatic nitrogens is 3. The Labute approximate surface area is 138 Å². The van der Waals surface area contributed by atoms with E-state index in [1.165, 1.54) is 15.0 Å². The number of pyridine rings is 2. The van der Waals surface area contributed by atoms with E-state index in [2.05, 4.69) is 10.3 Å². The fourth-order valence-corrected chi connectivity index (χ4v) is 2.54. The lowest BCUT2D eigenvalue weighted by molar-refractivity contribution is 0.0946. The maximum Gasteiger partial charge on any atom is 0.267 e. The van der Waals surface area contributed by atoms with Crippen molar-refractivity contribution in [2.75, 3.05) is 6.54 Å². The largest absolute Gasteiger partial charge is 0.352 e. The molecule has 0 spiro atoms. The molecule has 0 fully saturated rings. The highest BCUT2D eigenvalue weighted by Crippen LogP contribution is 2.09. The predicted molar refractivity (Wildman–Crippen MR) is 91.0 cm³/mol. The van der Waals surface area contributed by atoms with Crippen molar-refractivity contribution in [2.24, 2.45) is 13.0 Å². The Morgan fingerprint density at radius 3 is 2.83 bits per heavy atom. The molecule has 124 valence electrons. The molecular formula is C17H19N5O2. The van der Waals surface area contributed by atoms with Crippen molar-refractivity contribution in [3.63, 3.8) is 0 Å². The molecule has 0 aliphatic rings. The molecule has 3 heterocycles. The first-order chi connectivity index (χ1) is 11.4. The van der Waals surface area contributed by atoms with Crippen LogP contribution in [0.2, 0.25) is 0 Å². The summed E-state index contributed by atoms with van der Waals surface area (Å²) in [4.78, 5) is 29.5. The molecule has 1 amide bonds. The van der Waals surface area contributed by atoms with E-state index in [0.717, 1.165) is 0 Å². The smallest absolute Gasteiger partial charge is 0.267 e. The Balaban J connectivity index is 2.27. The first kappa shape index (κ1) is 15.9. The van der Waals surface area contributed by atoms with Crippen LogP contribution >= 0.6 is 0 Å². The maximum atomic E-state index is 12.7. The monoisotopic (exact) mass is 325 g/mol. The normalized spacial score (nSPS) is 11.3. The van der Waals surface area contributed by atoms with Crippen molar-refractivity contribution in [3.8, 4) is 0 Å². The van der Waals surface area contributed by atoms with Crippen LogP contribution in [0.3, 0.4) is 0 Å². The number of aryl methyl sites for hydroxylation is 1. The molecule has 3 rings (SSSR count). The molecule has 0 aliphatic heterocycles. The van der Waals surface area contributed by atoms with Crippen LogP contribution in [0.15, 0.2) is 35.3 Å². The van der Waals surface area contributed by atoms with Crippen LogP contribution in [-0.2, 0) is 7.05 Å². The molecule has 0 aliphatic carbocycles. The van der Waals surface area contributed by atoms with Gasteiger partial charge in [-0.1, -0.05) is 19.9 Å². The summed E-state index contributed by atoms with van der Waals surface area (Å²) in [6.07, 6.45) is 1.64. The highest BCUT2D eigenvalue weighted by atomic mass is 16.1. The van der Waals surface area contributed by atoms with Gasteiger partial charge in [0, 0.05) is 19.8 Å². The van der Waals surface area contributed by atoms with Crippen LogP contribution < -0.4 is 16.4 Å². The average Bonchev–Trinajstić information content (AvgIpc) is 2.56. The molecule has 0 radical (unpaired) electrons. The van der Waals surface area contributed by atoms with Crippen molar-refractivity contribution in [1.82, 2.24) is 19.3 Å². The minimum absolute atomic E-state index is 0.0240. The Bertz CT molecular complexity index is 1060. The second kappa shape index (κ2) is 5.92. The highest BCUT2D eigenvalue weighted by Gasteiger charge is 2.15. The molecule has 2 N–H and O–H groups in total. The topological polar surface area (TPSA) is 92.2 Å². The van der Waals surface area contributed by atoms with E-state index < -0.39 is 0 Å². The van der Waals surface area contributed by atoms with Gasteiger partial charge in [0.15, 0.2) is 0 Å². The molecular weight excluding hydrogens is 306 g/mol. The first-order valence-electron chi connectivity index (χ1n) is 7.74. The van der Waals surface area contributed by atoms with E-state index >= 15 is 0 Å². The second-order valence-corrected chi connectivity index (χ2v) is 6.15. The van der Waals surface area contributed by atoms with E-state index in [4.69, 9.17) is 5.41 Å². The van der Waals surface area contributed by atoms with Gasteiger partial charge in [-0.25, -0.2) is 4.98 Å². The number of amides is 1. The quantitative estimate of drug-likeness (QED) is 0.705. The third kappa shape index (κ3) is 2.58. The van der Waals surface area contributed by atoms with Crippen LogP contribution in [0.25, 0.3) is 16.7 Å². The van der Waals surface area contributed by atoms with Gasteiger partial charge in [-0.15, -0.1) is 0 Å². The van der Waals surface area contributed by atoms with Crippen LogP contribution in [0.4, 0.5) is 0 Å². The Morgan fingerprint density at radius 1 is 1.38 bits per heavy atom. The van der Waals surface area contributed by atoms with Crippen LogP contribution in [0.5, 0.6) is 0 Å². The third-order valence-corrected chi connectivity index (χ3v) is 3.86. The molecule has 7 nitrogen and oxygen atoms in total. The lowest BCUT2D eigenvalue weighted by atomic mass is 10.1. The van der Waals surface area contributed by atoms with Gasteiger partial charge in [-0.2, -0.15) is 0 Å². The number of nitrogens with one attached hydrogen (secondary N) is 2. The fraction of sp³-hybridized carbons (Fsp3) is 0.294. The SMILES string of the molecule is CC(C)CNC(=O)c1cc2c(=O)n3ccccc3nc2n(C)c1=N. The number of fused-ring (bicyclic) bond motifs is 2. The van der Waals surface area contributed by atoms with E-state index in [0.29, 0.717) is 29.1 Å². The molecule has 0 unspecified atom stereocenters. The summed E-state index contributed by atoms with van der Waals surface area (Å²) >= 11 is 0. The molecule has 0 saturated heterocycles. The van der Waals surface area contributed by atoms with Gasteiger partial charge in [-0.05, 0) is 24.1 Å². The summed E-state index contributed by atoms with van der Waals surface area (Å²) in [5.41, 5.74) is 0.819. The predicted octanol–water partition coefficient (Wildman–Crippen LogP) is 1.05. The van der Waals surface area contributed by atoms with Gasteiger partial charge >= 0.3 is 0 Å². The standard InChI is InChI=1S/C17H19N5O2/c1-10(2)9-19-16(23)11-8-12-15(21(3)14(11)18)20-13-6-4-5-7-22(13)17(12)24/h4-8,10,18H,9H2,1-3H3,(H,19,23). The lowest BCUT2D eigenvalue weighted by Gasteiger charge is -2.12. The van der Waals surface area contributed by atoms with Crippen LogP contribution in [-0.4, -0.2) is 26.4 Å². The third-order valence-electron chi connectivity index (χ3n) is 3.86. The Kier molecular flexibility index (Phi) is 3.92. The molecule has 24 heavy (non-hydrogen) atoms. The number of carbonyl (C=O) groups excluding carboxylic acids is 1. The molecule has 3 aromatic rings. The molecule has 7 heteroatoms.